The fraction of sp³-hybridized carbons (Fsp3) is 0.909. The molecule has 0 atom stereocenters. The molecule has 0 bridgehead atoms. The third-order valence-electron chi connectivity index (χ3n) is 2.71. The van der Waals surface area contributed by atoms with Crippen LogP contribution in [0.2, 0.25) is 0 Å². The van der Waals surface area contributed by atoms with Crippen LogP contribution >= 0.6 is 11.8 Å². The lowest BCUT2D eigenvalue weighted by Gasteiger charge is -2.25. The predicted octanol–water partition coefficient (Wildman–Crippen LogP) is 1.59. The van der Waals surface area contributed by atoms with Gasteiger partial charge < -0.3 is 15.7 Å². The molecule has 0 unspecified atom stereocenters. The van der Waals surface area contributed by atoms with E-state index < -0.39 is 5.60 Å². The van der Waals surface area contributed by atoms with Gasteiger partial charge in [-0.1, -0.05) is 13.8 Å². The van der Waals surface area contributed by atoms with Gasteiger partial charge >= 0.3 is 6.03 Å². The van der Waals surface area contributed by atoms with Crippen molar-refractivity contribution in [3.63, 3.8) is 0 Å². The van der Waals surface area contributed by atoms with Crippen molar-refractivity contribution < 1.29 is 9.90 Å². The number of amides is 2. The summed E-state index contributed by atoms with van der Waals surface area (Å²) in [4.78, 5) is 11.3. The summed E-state index contributed by atoms with van der Waals surface area (Å²) >= 11 is 1.77. The minimum atomic E-state index is -0.767. The molecule has 0 aromatic heterocycles. The van der Waals surface area contributed by atoms with Crippen LogP contribution in [0.15, 0.2) is 0 Å². The van der Waals surface area contributed by atoms with Crippen molar-refractivity contribution in [3.8, 4) is 0 Å². The Bertz CT molecular complexity index is 196. The summed E-state index contributed by atoms with van der Waals surface area (Å²) in [7, 11) is 0. The summed E-state index contributed by atoms with van der Waals surface area (Å²) in [6, 6.07) is -0.193. The summed E-state index contributed by atoms with van der Waals surface area (Å²) in [6.45, 7) is 4.83. The third-order valence-corrected chi connectivity index (χ3v) is 3.40. The number of aliphatic hydroxyl groups is 1. The first-order chi connectivity index (χ1) is 7.58. The van der Waals surface area contributed by atoms with Crippen LogP contribution in [0.25, 0.3) is 0 Å². The standard InChI is InChI=1S/C11H24N2O2S/c1-4-11(15,5-2)9-13-10(14)12-7-6-8-16-3/h15H,4-9H2,1-3H3,(H2,12,13,14). The van der Waals surface area contributed by atoms with Crippen molar-refractivity contribution in [3.05, 3.63) is 0 Å². The molecule has 0 rings (SSSR count). The number of urea groups is 1. The van der Waals surface area contributed by atoms with Crippen molar-refractivity contribution in [2.75, 3.05) is 25.1 Å². The fourth-order valence-electron chi connectivity index (χ4n) is 1.23. The second-order valence-electron chi connectivity index (χ2n) is 3.89. The van der Waals surface area contributed by atoms with Gasteiger partial charge in [-0.25, -0.2) is 4.79 Å². The van der Waals surface area contributed by atoms with Gasteiger partial charge in [-0.2, -0.15) is 11.8 Å². The average Bonchev–Trinajstić information content (AvgIpc) is 2.31. The maximum atomic E-state index is 11.3. The molecule has 0 radical (unpaired) electrons. The summed E-state index contributed by atoms with van der Waals surface area (Å²) in [5.41, 5.74) is -0.767. The molecular formula is C11H24N2O2S. The normalized spacial score (nSPS) is 11.2. The quantitative estimate of drug-likeness (QED) is 0.572. The summed E-state index contributed by atoms with van der Waals surface area (Å²) in [5, 5.41) is 15.4. The summed E-state index contributed by atoms with van der Waals surface area (Å²) < 4.78 is 0. The molecule has 16 heavy (non-hydrogen) atoms. The fourth-order valence-corrected chi connectivity index (χ4v) is 1.66. The number of hydrogen-bond acceptors (Lipinski definition) is 3. The van der Waals surface area contributed by atoms with E-state index in [9.17, 15) is 9.90 Å². The lowest BCUT2D eigenvalue weighted by molar-refractivity contribution is 0.0349. The lowest BCUT2D eigenvalue weighted by Crippen LogP contribution is -2.46. The second-order valence-corrected chi connectivity index (χ2v) is 4.87. The average molecular weight is 248 g/mol. The van der Waals surface area contributed by atoms with E-state index in [2.05, 4.69) is 10.6 Å². The maximum absolute atomic E-state index is 11.3. The Labute approximate surface area is 103 Å². The van der Waals surface area contributed by atoms with E-state index in [1.165, 1.54) is 0 Å². The van der Waals surface area contributed by atoms with Crippen molar-refractivity contribution in [1.82, 2.24) is 10.6 Å². The molecule has 0 aromatic rings. The number of carbonyl (C=O) groups excluding carboxylic acids is 1. The number of thioether (sulfide) groups is 1. The molecular weight excluding hydrogens is 224 g/mol. The molecule has 0 aliphatic rings. The Kier molecular flexibility index (Phi) is 8.47. The zero-order valence-electron chi connectivity index (χ0n) is 10.5. The maximum Gasteiger partial charge on any atom is 0.314 e. The zero-order valence-corrected chi connectivity index (χ0v) is 11.3. The van der Waals surface area contributed by atoms with Crippen LogP contribution in [-0.2, 0) is 0 Å². The third kappa shape index (κ3) is 6.95. The molecule has 0 aliphatic heterocycles. The number of nitrogens with one attached hydrogen (secondary N) is 2. The Hall–Kier alpha value is -0.420. The SMILES string of the molecule is CCC(O)(CC)CNC(=O)NCCCSC. The summed E-state index contributed by atoms with van der Waals surface area (Å²) in [5.74, 6) is 1.05. The van der Waals surface area contributed by atoms with E-state index in [4.69, 9.17) is 0 Å². The van der Waals surface area contributed by atoms with Gasteiger partial charge in [0.15, 0.2) is 0 Å². The van der Waals surface area contributed by atoms with Crippen LogP contribution in [0.4, 0.5) is 4.79 Å². The van der Waals surface area contributed by atoms with Gasteiger partial charge in [-0.05, 0) is 31.3 Å². The highest BCUT2D eigenvalue weighted by Crippen LogP contribution is 2.12. The molecule has 3 N–H and O–H groups in total. The van der Waals surface area contributed by atoms with E-state index in [0.717, 1.165) is 12.2 Å². The molecule has 0 aromatic carbocycles. The van der Waals surface area contributed by atoms with E-state index in [1.807, 2.05) is 20.1 Å². The van der Waals surface area contributed by atoms with Gasteiger partial charge in [-0.15, -0.1) is 0 Å². The van der Waals surface area contributed by atoms with Crippen LogP contribution in [0, 0.1) is 0 Å². The Morgan fingerprint density at radius 3 is 2.44 bits per heavy atom. The van der Waals surface area contributed by atoms with Crippen LogP contribution in [-0.4, -0.2) is 41.8 Å². The molecule has 2 amide bonds. The Morgan fingerprint density at radius 1 is 1.31 bits per heavy atom. The van der Waals surface area contributed by atoms with E-state index in [1.54, 1.807) is 11.8 Å². The number of rotatable bonds is 8. The second kappa shape index (κ2) is 8.70. The van der Waals surface area contributed by atoms with E-state index >= 15 is 0 Å². The minimum Gasteiger partial charge on any atom is -0.388 e. The van der Waals surface area contributed by atoms with Gasteiger partial charge in [0.25, 0.3) is 0 Å². The van der Waals surface area contributed by atoms with Gasteiger partial charge in [-0.3, -0.25) is 0 Å². The first-order valence-corrected chi connectivity index (χ1v) is 7.20. The molecule has 0 spiro atoms. The monoisotopic (exact) mass is 248 g/mol. The highest BCUT2D eigenvalue weighted by Gasteiger charge is 2.22. The first kappa shape index (κ1) is 15.6. The van der Waals surface area contributed by atoms with Crippen molar-refractivity contribution in [1.29, 1.82) is 0 Å². The molecule has 0 fully saturated rings. The molecule has 5 heteroatoms. The Morgan fingerprint density at radius 2 is 1.94 bits per heavy atom. The number of carbonyl (C=O) groups is 1. The molecule has 96 valence electrons. The molecule has 0 heterocycles. The van der Waals surface area contributed by atoms with E-state index in [0.29, 0.717) is 25.9 Å². The largest absolute Gasteiger partial charge is 0.388 e. The molecule has 4 nitrogen and oxygen atoms in total. The smallest absolute Gasteiger partial charge is 0.314 e. The van der Waals surface area contributed by atoms with Crippen LogP contribution in [0.1, 0.15) is 33.1 Å². The highest BCUT2D eigenvalue weighted by atomic mass is 32.2. The van der Waals surface area contributed by atoms with Gasteiger partial charge in [0.2, 0.25) is 0 Å². The van der Waals surface area contributed by atoms with Gasteiger partial charge in [0.05, 0.1) is 5.60 Å². The topological polar surface area (TPSA) is 61.4 Å². The van der Waals surface area contributed by atoms with Crippen LogP contribution < -0.4 is 10.6 Å². The first-order valence-electron chi connectivity index (χ1n) is 5.81. The van der Waals surface area contributed by atoms with E-state index in [-0.39, 0.29) is 6.03 Å². The molecule has 0 saturated heterocycles. The van der Waals surface area contributed by atoms with Crippen LogP contribution in [0.3, 0.4) is 0 Å². The zero-order chi connectivity index (χ0) is 12.4. The molecule has 0 saturated carbocycles. The lowest BCUT2D eigenvalue weighted by atomic mass is 9.98. The predicted molar refractivity (Wildman–Crippen MR) is 69.9 cm³/mol. The van der Waals surface area contributed by atoms with Crippen molar-refractivity contribution in [2.24, 2.45) is 0 Å². The Balaban J connectivity index is 3.64. The minimum absolute atomic E-state index is 0.193. The van der Waals surface area contributed by atoms with Gasteiger partial charge in [0.1, 0.15) is 0 Å². The van der Waals surface area contributed by atoms with Crippen molar-refractivity contribution >= 4 is 17.8 Å². The number of hydrogen-bond donors (Lipinski definition) is 3. The van der Waals surface area contributed by atoms with Crippen molar-refractivity contribution in [2.45, 2.75) is 38.7 Å². The van der Waals surface area contributed by atoms with Gasteiger partial charge in [0, 0.05) is 13.1 Å². The summed E-state index contributed by atoms with van der Waals surface area (Å²) in [6.07, 6.45) is 4.32. The molecule has 0 aliphatic carbocycles. The van der Waals surface area contributed by atoms with Crippen LogP contribution in [0.5, 0.6) is 0 Å². The highest BCUT2D eigenvalue weighted by molar-refractivity contribution is 7.98.